The summed E-state index contributed by atoms with van der Waals surface area (Å²) >= 11 is 0. The summed E-state index contributed by atoms with van der Waals surface area (Å²) < 4.78 is 1.47. The Hall–Kier alpha value is -2.37. The van der Waals surface area contributed by atoms with Crippen molar-refractivity contribution in [2.24, 2.45) is 0 Å². The van der Waals surface area contributed by atoms with Crippen molar-refractivity contribution >= 4 is 5.91 Å². The zero-order valence-corrected chi connectivity index (χ0v) is 8.37. The molecule has 16 heavy (non-hydrogen) atoms. The molecule has 0 saturated carbocycles. The number of rotatable bonds is 3. The summed E-state index contributed by atoms with van der Waals surface area (Å²) in [6.07, 6.45) is 2.87. The first kappa shape index (κ1) is 10.2. The van der Waals surface area contributed by atoms with E-state index in [4.69, 9.17) is 0 Å². The molecule has 0 spiro atoms. The molecule has 0 aliphatic carbocycles. The molecule has 1 amide bonds. The van der Waals surface area contributed by atoms with Crippen LogP contribution in [-0.2, 0) is 6.67 Å². The van der Waals surface area contributed by atoms with Gasteiger partial charge in [0.15, 0.2) is 0 Å². The molecule has 0 bridgehead atoms. The summed E-state index contributed by atoms with van der Waals surface area (Å²) in [5.74, 6) is -0.396. The van der Waals surface area contributed by atoms with Crippen LogP contribution < -0.4 is 5.32 Å². The monoisotopic (exact) mass is 218 g/mol. The molecule has 6 heteroatoms. The Morgan fingerprint density at radius 1 is 1.44 bits per heavy atom. The summed E-state index contributed by atoms with van der Waals surface area (Å²) in [4.78, 5) is 15.4. The number of nitrogens with zero attached hydrogens (tertiary/aromatic N) is 3. The molecule has 2 aromatic rings. The molecular weight excluding hydrogens is 208 g/mol. The van der Waals surface area contributed by atoms with Crippen LogP contribution >= 0.6 is 0 Å². The second kappa shape index (κ2) is 4.43. The molecule has 0 radical (unpaired) electrons. The standard InChI is InChI=1S/C10H10N4O2/c15-9-4-2-1-3-8(9)10(16)12-7-14-6-11-5-13-14/h1-6,15H,7H2,(H,12,16). The SMILES string of the molecule is O=C(NCn1cncn1)c1ccccc1O. The second-order valence-electron chi connectivity index (χ2n) is 3.12. The lowest BCUT2D eigenvalue weighted by molar-refractivity contribution is 0.0937. The number of aromatic hydroxyl groups is 1. The smallest absolute Gasteiger partial charge is 0.256 e. The van der Waals surface area contributed by atoms with E-state index >= 15 is 0 Å². The predicted octanol–water partition coefficient (Wildman–Crippen LogP) is 0.371. The summed E-state index contributed by atoms with van der Waals surface area (Å²) in [7, 11) is 0. The molecule has 0 atom stereocenters. The summed E-state index contributed by atoms with van der Waals surface area (Å²) in [6.45, 7) is 0.215. The second-order valence-corrected chi connectivity index (χ2v) is 3.12. The first-order chi connectivity index (χ1) is 7.77. The lowest BCUT2D eigenvalue weighted by Crippen LogP contribution is -2.26. The summed E-state index contributed by atoms with van der Waals surface area (Å²) in [5.41, 5.74) is 0.239. The number of phenolic OH excluding ortho intramolecular Hbond substituents is 1. The maximum absolute atomic E-state index is 11.6. The minimum absolute atomic E-state index is 0.0430. The fourth-order valence-corrected chi connectivity index (χ4v) is 1.23. The van der Waals surface area contributed by atoms with E-state index in [2.05, 4.69) is 15.4 Å². The highest BCUT2D eigenvalue weighted by Crippen LogP contribution is 2.14. The van der Waals surface area contributed by atoms with Crippen LogP contribution in [0, 0.1) is 0 Å². The van der Waals surface area contributed by atoms with Gasteiger partial charge >= 0.3 is 0 Å². The minimum Gasteiger partial charge on any atom is -0.507 e. The first-order valence-corrected chi connectivity index (χ1v) is 4.66. The Labute approximate surface area is 91.6 Å². The van der Waals surface area contributed by atoms with Crippen LogP contribution in [0.2, 0.25) is 0 Å². The normalized spacial score (nSPS) is 10.0. The topological polar surface area (TPSA) is 80.0 Å². The Morgan fingerprint density at radius 3 is 2.94 bits per heavy atom. The molecular formula is C10H10N4O2. The van der Waals surface area contributed by atoms with Crippen LogP contribution in [0.15, 0.2) is 36.9 Å². The van der Waals surface area contributed by atoms with Gasteiger partial charge in [0.25, 0.3) is 5.91 Å². The Balaban J connectivity index is 2.01. The van der Waals surface area contributed by atoms with E-state index in [0.717, 1.165) is 0 Å². The molecule has 0 saturated heterocycles. The molecule has 0 unspecified atom stereocenters. The van der Waals surface area contributed by atoms with Gasteiger partial charge in [-0.15, -0.1) is 0 Å². The average molecular weight is 218 g/mol. The number of phenols is 1. The van der Waals surface area contributed by atoms with Gasteiger partial charge in [-0.05, 0) is 12.1 Å². The van der Waals surface area contributed by atoms with Crippen molar-refractivity contribution in [3.63, 3.8) is 0 Å². The van der Waals surface area contributed by atoms with Crippen molar-refractivity contribution in [3.05, 3.63) is 42.5 Å². The highest BCUT2D eigenvalue weighted by Gasteiger charge is 2.09. The van der Waals surface area contributed by atoms with Gasteiger partial charge < -0.3 is 10.4 Å². The van der Waals surface area contributed by atoms with Crippen molar-refractivity contribution < 1.29 is 9.90 Å². The summed E-state index contributed by atoms with van der Waals surface area (Å²) in [6, 6.07) is 6.35. The zero-order valence-electron chi connectivity index (χ0n) is 8.37. The van der Waals surface area contributed by atoms with Crippen molar-refractivity contribution in [2.45, 2.75) is 6.67 Å². The van der Waals surface area contributed by atoms with Gasteiger partial charge in [-0.3, -0.25) is 4.79 Å². The number of benzene rings is 1. The molecule has 2 N–H and O–H groups in total. The van der Waals surface area contributed by atoms with Crippen LogP contribution in [0.4, 0.5) is 0 Å². The minimum atomic E-state index is -0.353. The van der Waals surface area contributed by atoms with E-state index < -0.39 is 0 Å². The van der Waals surface area contributed by atoms with Crippen LogP contribution in [0.1, 0.15) is 10.4 Å². The lowest BCUT2D eigenvalue weighted by Gasteiger charge is -2.05. The maximum atomic E-state index is 11.6. The largest absolute Gasteiger partial charge is 0.507 e. The third-order valence-electron chi connectivity index (χ3n) is 2.02. The number of amides is 1. The van der Waals surface area contributed by atoms with Gasteiger partial charge in [-0.2, -0.15) is 5.10 Å². The highest BCUT2D eigenvalue weighted by atomic mass is 16.3. The molecule has 6 nitrogen and oxygen atoms in total. The van der Waals surface area contributed by atoms with Crippen molar-refractivity contribution in [2.75, 3.05) is 0 Å². The number of para-hydroxylation sites is 1. The highest BCUT2D eigenvalue weighted by molar-refractivity contribution is 5.96. The third kappa shape index (κ3) is 2.17. The van der Waals surface area contributed by atoms with Gasteiger partial charge in [0.1, 0.15) is 25.1 Å². The van der Waals surface area contributed by atoms with Crippen LogP contribution in [-0.4, -0.2) is 25.8 Å². The number of hydrogen-bond acceptors (Lipinski definition) is 4. The molecule has 0 fully saturated rings. The van der Waals surface area contributed by atoms with Gasteiger partial charge in [0.2, 0.25) is 0 Å². The Morgan fingerprint density at radius 2 is 2.25 bits per heavy atom. The Bertz CT molecular complexity index is 481. The number of aromatic nitrogens is 3. The lowest BCUT2D eigenvalue weighted by atomic mass is 10.2. The average Bonchev–Trinajstić information content (AvgIpc) is 2.79. The van der Waals surface area contributed by atoms with Gasteiger partial charge in [0.05, 0.1) is 5.56 Å². The van der Waals surface area contributed by atoms with Crippen molar-refractivity contribution in [1.29, 1.82) is 0 Å². The van der Waals surface area contributed by atoms with E-state index in [1.54, 1.807) is 18.2 Å². The fraction of sp³-hybridized carbons (Fsp3) is 0.100. The van der Waals surface area contributed by atoms with E-state index in [-0.39, 0.29) is 23.9 Å². The van der Waals surface area contributed by atoms with Gasteiger partial charge in [-0.1, -0.05) is 12.1 Å². The Kier molecular flexibility index (Phi) is 2.81. The molecule has 82 valence electrons. The quantitative estimate of drug-likeness (QED) is 0.780. The number of carbonyl (C=O) groups is 1. The van der Waals surface area contributed by atoms with E-state index in [9.17, 15) is 9.90 Å². The van der Waals surface area contributed by atoms with Crippen molar-refractivity contribution in [1.82, 2.24) is 20.1 Å². The summed E-state index contributed by atoms with van der Waals surface area (Å²) in [5, 5.41) is 15.9. The molecule has 1 aromatic heterocycles. The zero-order chi connectivity index (χ0) is 11.4. The van der Waals surface area contributed by atoms with Gasteiger partial charge in [-0.25, -0.2) is 9.67 Å². The van der Waals surface area contributed by atoms with E-state index in [1.165, 1.54) is 23.4 Å². The van der Waals surface area contributed by atoms with E-state index in [0.29, 0.717) is 0 Å². The number of hydrogen-bond donors (Lipinski definition) is 2. The molecule has 0 aliphatic heterocycles. The third-order valence-corrected chi connectivity index (χ3v) is 2.02. The molecule has 2 rings (SSSR count). The first-order valence-electron chi connectivity index (χ1n) is 4.66. The van der Waals surface area contributed by atoms with Crippen LogP contribution in [0.3, 0.4) is 0 Å². The number of nitrogens with one attached hydrogen (secondary N) is 1. The van der Waals surface area contributed by atoms with Gasteiger partial charge in [0, 0.05) is 0 Å². The molecule has 0 aliphatic rings. The fourth-order valence-electron chi connectivity index (χ4n) is 1.23. The number of carbonyl (C=O) groups excluding carboxylic acids is 1. The molecule has 1 aromatic carbocycles. The van der Waals surface area contributed by atoms with Crippen LogP contribution in [0.25, 0.3) is 0 Å². The maximum Gasteiger partial charge on any atom is 0.256 e. The molecule has 1 heterocycles. The van der Waals surface area contributed by atoms with Crippen molar-refractivity contribution in [3.8, 4) is 5.75 Å². The van der Waals surface area contributed by atoms with E-state index in [1.807, 2.05) is 0 Å². The van der Waals surface area contributed by atoms with Crippen LogP contribution in [0.5, 0.6) is 5.75 Å². The predicted molar refractivity (Wildman–Crippen MR) is 55.6 cm³/mol.